The molecule has 0 unspecified atom stereocenters. The van der Waals surface area contributed by atoms with Crippen molar-refractivity contribution >= 4 is 27.8 Å². The summed E-state index contributed by atoms with van der Waals surface area (Å²) >= 11 is 3.51. The molecular formula is C21H28BrN5O. The number of fused-ring (bicyclic) bond motifs is 1. The van der Waals surface area contributed by atoms with Crippen LogP contribution in [0.5, 0.6) is 0 Å². The van der Waals surface area contributed by atoms with Gasteiger partial charge in [-0.15, -0.1) is 0 Å². The van der Waals surface area contributed by atoms with Crippen LogP contribution in [0.3, 0.4) is 0 Å². The molecule has 1 aliphatic rings. The van der Waals surface area contributed by atoms with Gasteiger partial charge in [-0.2, -0.15) is 0 Å². The molecule has 1 aliphatic heterocycles. The Kier molecular flexibility index (Phi) is 6.78. The molecule has 0 fully saturated rings. The summed E-state index contributed by atoms with van der Waals surface area (Å²) in [4.78, 5) is 21.3. The van der Waals surface area contributed by atoms with Crippen molar-refractivity contribution in [3.63, 3.8) is 0 Å². The van der Waals surface area contributed by atoms with E-state index < -0.39 is 0 Å². The van der Waals surface area contributed by atoms with Crippen molar-refractivity contribution in [1.29, 1.82) is 0 Å². The average molecular weight is 446 g/mol. The summed E-state index contributed by atoms with van der Waals surface area (Å²) in [5.41, 5.74) is 3.75. The molecule has 0 saturated heterocycles. The number of aliphatic imine (C=N–C) groups is 1. The molecule has 2 heterocycles. The van der Waals surface area contributed by atoms with Gasteiger partial charge in [0.25, 0.3) is 0 Å². The number of rotatable bonds is 5. The first-order valence-corrected chi connectivity index (χ1v) is 10.4. The summed E-state index contributed by atoms with van der Waals surface area (Å²) in [5, 5.41) is 3.29. The van der Waals surface area contributed by atoms with Crippen LogP contribution in [0.15, 0.2) is 46.0 Å². The summed E-state index contributed by atoms with van der Waals surface area (Å²) < 4.78 is 3.14. The molecule has 1 N–H and O–H groups in total. The van der Waals surface area contributed by atoms with Gasteiger partial charge in [0.05, 0.1) is 6.54 Å². The molecule has 0 saturated carbocycles. The Hall–Kier alpha value is -2.28. The van der Waals surface area contributed by atoms with Crippen molar-refractivity contribution in [2.75, 3.05) is 26.7 Å². The lowest BCUT2D eigenvalue weighted by molar-refractivity contribution is -0.130. The number of hydrogen-bond donors (Lipinski definition) is 1. The van der Waals surface area contributed by atoms with E-state index in [-0.39, 0.29) is 12.5 Å². The van der Waals surface area contributed by atoms with Crippen molar-refractivity contribution < 1.29 is 4.79 Å². The molecule has 2 aromatic rings. The van der Waals surface area contributed by atoms with Crippen LogP contribution in [0.2, 0.25) is 0 Å². The molecular weight excluding hydrogens is 418 g/mol. The number of guanidine groups is 1. The highest BCUT2D eigenvalue weighted by Gasteiger charge is 2.20. The minimum absolute atomic E-state index is 0.0694. The van der Waals surface area contributed by atoms with Crippen molar-refractivity contribution in [3.8, 4) is 0 Å². The van der Waals surface area contributed by atoms with Crippen LogP contribution in [0.25, 0.3) is 0 Å². The topological polar surface area (TPSA) is 52.9 Å². The molecule has 1 aromatic carbocycles. The minimum atomic E-state index is 0.0694. The monoisotopic (exact) mass is 445 g/mol. The number of nitrogens with one attached hydrogen (secondary N) is 1. The van der Waals surface area contributed by atoms with Gasteiger partial charge in [0.2, 0.25) is 5.91 Å². The number of halogens is 1. The van der Waals surface area contributed by atoms with Crippen molar-refractivity contribution in [3.05, 3.63) is 57.8 Å². The van der Waals surface area contributed by atoms with E-state index >= 15 is 0 Å². The number of aryl methyl sites for hydroxylation is 1. The first-order valence-electron chi connectivity index (χ1n) is 9.62. The smallest absolute Gasteiger partial charge is 0.244 e. The van der Waals surface area contributed by atoms with Crippen LogP contribution < -0.4 is 5.32 Å². The largest absolute Gasteiger partial charge is 0.357 e. The summed E-state index contributed by atoms with van der Waals surface area (Å²) in [6.45, 7) is 5.09. The van der Waals surface area contributed by atoms with E-state index in [4.69, 9.17) is 0 Å². The number of nitrogens with zero attached hydrogens (tertiary/aromatic N) is 4. The molecule has 0 atom stereocenters. The maximum absolute atomic E-state index is 12.7. The molecule has 1 aromatic heterocycles. The van der Waals surface area contributed by atoms with Crippen LogP contribution in [0.4, 0.5) is 0 Å². The van der Waals surface area contributed by atoms with E-state index in [9.17, 15) is 4.79 Å². The maximum atomic E-state index is 12.7. The van der Waals surface area contributed by atoms with Crippen LogP contribution in [0.1, 0.15) is 23.7 Å². The Morgan fingerprint density at radius 3 is 2.75 bits per heavy atom. The maximum Gasteiger partial charge on any atom is 0.244 e. The number of amides is 1. The van der Waals surface area contributed by atoms with Gasteiger partial charge in [-0.25, -0.2) is 4.99 Å². The fourth-order valence-corrected chi connectivity index (χ4v) is 4.03. The molecule has 3 rings (SSSR count). The number of carbonyl (C=O) groups is 1. The number of hydrogen-bond acceptors (Lipinski definition) is 2. The van der Waals surface area contributed by atoms with Gasteiger partial charge in [0, 0.05) is 50.1 Å². The third-order valence-electron chi connectivity index (χ3n) is 5.02. The molecule has 0 bridgehead atoms. The Bertz CT molecular complexity index is 860. The SMILES string of the molecule is CCNC(=NCC(=O)N1CCc2ccccc2C1)N(C)Cc1cc(Br)cn1C. The predicted octanol–water partition coefficient (Wildman–Crippen LogP) is 2.77. The van der Waals surface area contributed by atoms with E-state index in [1.54, 1.807) is 0 Å². The lowest BCUT2D eigenvalue weighted by Crippen LogP contribution is -2.41. The van der Waals surface area contributed by atoms with Gasteiger partial charge in [-0.05, 0) is 46.5 Å². The minimum Gasteiger partial charge on any atom is -0.357 e. The zero-order valence-electron chi connectivity index (χ0n) is 16.8. The second kappa shape index (κ2) is 9.28. The highest BCUT2D eigenvalue weighted by molar-refractivity contribution is 9.10. The Labute approximate surface area is 175 Å². The van der Waals surface area contributed by atoms with Crippen molar-refractivity contribution in [1.82, 2.24) is 19.7 Å². The van der Waals surface area contributed by atoms with Crippen LogP contribution in [-0.4, -0.2) is 52.9 Å². The molecule has 6 nitrogen and oxygen atoms in total. The number of benzene rings is 1. The lowest BCUT2D eigenvalue weighted by Gasteiger charge is -2.29. The van der Waals surface area contributed by atoms with E-state index in [1.807, 2.05) is 43.1 Å². The Balaban J connectivity index is 1.63. The van der Waals surface area contributed by atoms with E-state index in [2.05, 4.69) is 55.1 Å². The molecule has 1 amide bonds. The molecule has 0 radical (unpaired) electrons. The van der Waals surface area contributed by atoms with Crippen LogP contribution in [-0.2, 0) is 31.4 Å². The fraction of sp³-hybridized carbons (Fsp3) is 0.429. The van der Waals surface area contributed by atoms with Gasteiger partial charge < -0.3 is 19.7 Å². The zero-order chi connectivity index (χ0) is 20.1. The highest BCUT2D eigenvalue weighted by Crippen LogP contribution is 2.18. The standard InChI is InChI=1S/C21H28BrN5O/c1-4-23-21(26(3)15-19-11-18(22)14-25(19)2)24-12-20(28)27-10-9-16-7-5-6-8-17(16)13-27/h5-8,11,14H,4,9-10,12-13,15H2,1-3H3,(H,23,24). The Morgan fingerprint density at radius 1 is 1.32 bits per heavy atom. The molecule has 0 aliphatic carbocycles. The molecule has 28 heavy (non-hydrogen) atoms. The molecule has 150 valence electrons. The second-order valence-corrected chi connectivity index (χ2v) is 8.04. The lowest BCUT2D eigenvalue weighted by atomic mass is 10.00. The average Bonchev–Trinajstić information content (AvgIpc) is 3.01. The second-order valence-electron chi connectivity index (χ2n) is 7.12. The van der Waals surface area contributed by atoms with Gasteiger partial charge in [-0.3, -0.25) is 4.79 Å². The number of aromatic nitrogens is 1. The van der Waals surface area contributed by atoms with E-state index in [0.717, 1.165) is 29.9 Å². The first-order chi connectivity index (χ1) is 13.5. The summed E-state index contributed by atoms with van der Waals surface area (Å²) in [5.74, 6) is 0.811. The van der Waals surface area contributed by atoms with Crippen molar-refractivity contribution in [2.24, 2.45) is 12.0 Å². The normalized spacial score (nSPS) is 14.0. The zero-order valence-corrected chi connectivity index (χ0v) is 18.4. The molecule has 7 heteroatoms. The van der Waals surface area contributed by atoms with E-state index in [1.165, 1.54) is 16.8 Å². The van der Waals surface area contributed by atoms with Crippen molar-refractivity contribution in [2.45, 2.75) is 26.4 Å². The van der Waals surface area contributed by atoms with Crippen LogP contribution >= 0.6 is 15.9 Å². The third kappa shape index (κ3) is 4.95. The van der Waals surface area contributed by atoms with Gasteiger partial charge >= 0.3 is 0 Å². The fourth-order valence-electron chi connectivity index (χ4n) is 3.46. The summed E-state index contributed by atoms with van der Waals surface area (Å²) in [6, 6.07) is 10.4. The Morgan fingerprint density at radius 2 is 2.07 bits per heavy atom. The molecule has 0 spiro atoms. The predicted molar refractivity (Wildman–Crippen MR) is 116 cm³/mol. The first kappa shape index (κ1) is 20.5. The van der Waals surface area contributed by atoms with E-state index in [0.29, 0.717) is 13.1 Å². The third-order valence-corrected chi connectivity index (χ3v) is 5.45. The van der Waals surface area contributed by atoms with Gasteiger partial charge in [0.15, 0.2) is 5.96 Å². The van der Waals surface area contributed by atoms with Gasteiger partial charge in [0.1, 0.15) is 6.54 Å². The summed E-state index contributed by atoms with van der Waals surface area (Å²) in [6.07, 6.45) is 2.94. The van der Waals surface area contributed by atoms with Gasteiger partial charge in [-0.1, -0.05) is 24.3 Å². The number of carbonyl (C=O) groups excluding carboxylic acids is 1. The highest BCUT2D eigenvalue weighted by atomic mass is 79.9. The van der Waals surface area contributed by atoms with Crippen LogP contribution in [0, 0.1) is 0 Å². The summed E-state index contributed by atoms with van der Waals surface area (Å²) in [7, 11) is 4.01. The quantitative estimate of drug-likeness (QED) is 0.568.